The molecule has 2 atom stereocenters. The van der Waals surface area contributed by atoms with Crippen LogP contribution in [0.1, 0.15) is 40.0 Å². The second kappa shape index (κ2) is 5.32. The van der Waals surface area contributed by atoms with Crippen LogP contribution in [-0.2, 0) is 0 Å². The average molecular weight is 263 g/mol. The summed E-state index contributed by atoms with van der Waals surface area (Å²) in [6, 6.07) is 5.64. The minimum atomic E-state index is 0.284. The lowest BCUT2D eigenvalue weighted by atomic mass is 9.71. The number of ether oxygens (including phenoxy) is 2. The Morgan fingerprint density at radius 2 is 2.00 bits per heavy atom. The van der Waals surface area contributed by atoms with Crippen LogP contribution < -0.4 is 15.2 Å². The molecule has 0 bridgehead atoms. The smallest absolute Gasteiger partial charge is 0.145 e. The van der Waals surface area contributed by atoms with E-state index in [1.54, 1.807) is 7.11 Å². The van der Waals surface area contributed by atoms with Gasteiger partial charge >= 0.3 is 0 Å². The van der Waals surface area contributed by atoms with Crippen molar-refractivity contribution in [1.82, 2.24) is 0 Å². The molecule has 0 aromatic heterocycles. The maximum Gasteiger partial charge on any atom is 0.145 e. The highest BCUT2D eigenvalue weighted by Gasteiger charge is 2.33. The van der Waals surface area contributed by atoms with E-state index in [0.29, 0.717) is 22.8 Å². The molecule has 1 aliphatic rings. The van der Waals surface area contributed by atoms with E-state index in [4.69, 9.17) is 15.2 Å². The molecule has 0 spiro atoms. The SMILES string of the molecule is COc1cc(OC2CC(C)CC(C)(C)C2)ccc1N. The highest BCUT2D eigenvalue weighted by Crippen LogP contribution is 2.40. The van der Waals surface area contributed by atoms with Gasteiger partial charge in [-0.2, -0.15) is 0 Å². The molecule has 3 heteroatoms. The Bertz CT molecular complexity index is 442. The van der Waals surface area contributed by atoms with Gasteiger partial charge in [0, 0.05) is 6.07 Å². The first-order chi connectivity index (χ1) is 8.89. The fourth-order valence-corrected chi connectivity index (χ4v) is 3.31. The van der Waals surface area contributed by atoms with Crippen molar-refractivity contribution in [1.29, 1.82) is 0 Å². The molecule has 1 saturated carbocycles. The first kappa shape index (κ1) is 14.0. The third-order valence-electron chi connectivity index (χ3n) is 3.85. The molecule has 0 heterocycles. The zero-order valence-corrected chi connectivity index (χ0v) is 12.4. The van der Waals surface area contributed by atoms with Crippen molar-refractivity contribution >= 4 is 5.69 Å². The highest BCUT2D eigenvalue weighted by atomic mass is 16.5. The van der Waals surface area contributed by atoms with E-state index in [-0.39, 0.29) is 6.10 Å². The number of hydrogen-bond acceptors (Lipinski definition) is 3. The number of nitrogens with two attached hydrogens (primary N) is 1. The van der Waals surface area contributed by atoms with E-state index in [9.17, 15) is 0 Å². The molecule has 0 saturated heterocycles. The second-order valence-electron chi connectivity index (χ2n) is 6.56. The number of nitrogen functional groups attached to an aromatic ring is 1. The molecule has 0 radical (unpaired) electrons. The zero-order chi connectivity index (χ0) is 14.0. The van der Waals surface area contributed by atoms with Gasteiger partial charge < -0.3 is 15.2 Å². The predicted octanol–water partition coefficient (Wildman–Crippen LogP) is 3.87. The number of rotatable bonds is 3. The van der Waals surface area contributed by atoms with Crippen molar-refractivity contribution in [2.75, 3.05) is 12.8 Å². The third-order valence-corrected chi connectivity index (χ3v) is 3.85. The Morgan fingerprint density at radius 1 is 1.26 bits per heavy atom. The fourth-order valence-electron chi connectivity index (χ4n) is 3.31. The summed E-state index contributed by atoms with van der Waals surface area (Å²) in [4.78, 5) is 0. The standard InChI is InChI=1S/C16H25NO2/c1-11-7-13(10-16(2,3)9-11)19-12-5-6-14(17)15(8-12)18-4/h5-6,8,11,13H,7,9-10,17H2,1-4H3. The fraction of sp³-hybridized carbons (Fsp3) is 0.625. The van der Waals surface area contributed by atoms with Crippen molar-refractivity contribution < 1.29 is 9.47 Å². The van der Waals surface area contributed by atoms with Crippen LogP contribution in [-0.4, -0.2) is 13.2 Å². The summed E-state index contributed by atoms with van der Waals surface area (Å²) >= 11 is 0. The Hall–Kier alpha value is -1.38. The number of methoxy groups -OCH3 is 1. The number of hydrogen-bond donors (Lipinski definition) is 1. The van der Waals surface area contributed by atoms with Crippen LogP contribution in [0.5, 0.6) is 11.5 Å². The van der Waals surface area contributed by atoms with Crippen LogP contribution in [0.25, 0.3) is 0 Å². The largest absolute Gasteiger partial charge is 0.494 e. The quantitative estimate of drug-likeness (QED) is 0.842. The zero-order valence-electron chi connectivity index (χ0n) is 12.4. The summed E-state index contributed by atoms with van der Waals surface area (Å²) in [5.74, 6) is 2.24. The van der Waals surface area contributed by atoms with Crippen LogP contribution in [0, 0.1) is 11.3 Å². The van der Waals surface area contributed by atoms with E-state index in [1.807, 2.05) is 18.2 Å². The second-order valence-corrected chi connectivity index (χ2v) is 6.56. The van der Waals surface area contributed by atoms with Gasteiger partial charge in [0.15, 0.2) is 0 Å². The van der Waals surface area contributed by atoms with Gasteiger partial charge in [0.2, 0.25) is 0 Å². The van der Waals surface area contributed by atoms with Crippen molar-refractivity contribution in [3.8, 4) is 11.5 Å². The molecular weight excluding hydrogens is 238 g/mol. The molecule has 106 valence electrons. The topological polar surface area (TPSA) is 44.5 Å². The monoisotopic (exact) mass is 263 g/mol. The number of anilines is 1. The van der Waals surface area contributed by atoms with Gasteiger partial charge in [0.1, 0.15) is 11.5 Å². The molecule has 0 aliphatic heterocycles. The Kier molecular flexibility index (Phi) is 3.93. The van der Waals surface area contributed by atoms with Gasteiger partial charge in [-0.25, -0.2) is 0 Å². The Balaban J connectivity index is 2.08. The molecule has 1 aliphatic carbocycles. The molecule has 2 rings (SSSR count). The van der Waals surface area contributed by atoms with Crippen molar-refractivity contribution in [2.24, 2.45) is 11.3 Å². The normalized spacial score (nSPS) is 25.9. The van der Waals surface area contributed by atoms with E-state index < -0.39 is 0 Å². The summed E-state index contributed by atoms with van der Waals surface area (Å²) in [5.41, 5.74) is 6.82. The molecule has 1 aromatic rings. The van der Waals surface area contributed by atoms with Crippen LogP contribution >= 0.6 is 0 Å². The third kappa shape index (κ3) is 3.55. The van der Waals surface area contributed by atoms with Crippen LogP contribution in [0.4, 0.5) is 5.69 Å². The Morgan fingerprint density at radius 3 is 2.63 bits per heavy atom. The van der Waals surface area contributed by atoms with Gasteiger partial charge in [-0.05, 0) is 42.7 Å². The lowest BCUT2D eigenvalue weighted by Gasteiger charge is -2.38. The maximum atomic E-state index is 6.12. The first-order valence-electron chi connectivity index (χ1n) is 7.00. The van der Waals surface area contributed by atoms with E-state index >= 15 is 0 Å². The maximum absolute atomic E-state index is 6.12. The molecular formula is C16H25NO2. The summed E-state index contributed by atoms with van der Waals surface area (Å²) in [5, 5.41) is 0. The summed E-state index contributed by atoms with van der Waals surface area (Å²) in [6.07, 6.45) is 3.78. The molecule has 0 amide bonds. The van der Waals surface area contributed by atoms with Gasteiger partial charge in [0.25, 0.3) is 0 Å². The first-order valence-corrected chi connectivity index (χ1v) is 7.00. The minimum Gasteiger partial charge on any atom is -0.494 e. The van der Waals surface area contributed by atoms with Gasteiger partial charge in [-0.15, -0.1) is 0 Å². The lowest BCUT2D eigenvalue weighted by molar-refractivity contribution is 0.0561. The van der Waals surface area contributed by atoms with E-state index in [1.165, 1.54) is 6.42 Å². The highest BCUT2D eigenvalue weighted by molar-refractivity contribution is 5.55. The summed E-state index contributed by atoms with van der Waals surface area (Å²) in [6.45, 7) is 6.95. The van der Waals surface area contributed by atoms with Crippen molar-refractivity contribution in [3.05, 3.63) is 18.2 Å². The van der Waals surface area contributed by atoms with E-state index in [0.717, 1.165) is 18.6 Å². The summed E-state index contributed by atoms with van der Waals surface area (Å²) in [7, 11) is 1.63. The average Bonchev–Trinajstić information content (AvgIpc) is 2.29. The van der Waals surface area contributed by atoms with Crippen LogP contribution in [0.2, 0.25) is 0 Å². The molecule has 1 fully saturated rings. The van der Waals surface area contributed by atoms with Crippen LogP contribution in [0.3, 0.4) is 0 Å². The lowest BCUT2D eigenvalue weighted by Crippen LogP contribution is -2.34. The molecule has 2 N–H and O–H groups in total. The van der Waals surface area contributed by atoms with Gasteiger partial charge in [0.05, 0.1) is 18.9 Å². The number of benzene rings is 1. The molecule has 19 heavy (non-hydrogen) atoms. The van der Waals surface area contributed by atoms with Crippen molar-refractivity contribution in [2.45, 2.75) is 46.1 Å². The van der Waals surface area contributed by atoms with Gasteiger partial charge in [-0.1, -0.05) is 20.8 Å². The minimum absolute atomic E-state index is 0.284. The molecule has 2 unspecified atom stereocenters. The van der Waals surface area contributed by atoms with Gasteiger partial charge in [-0.3, -0.25) is 0 Å². The summed E-state index contributed by atoms with van der Waals surface area (Å²) < 4.78 is 11.4. The predicted molar refractivity (Wildman–Crippen MR) is 78.6 cm³/mol. The van der Waals surface area contributed by atoms with E-state index in [2.05, 4.69) is 20.8 Å². The molecule has 1 aromatic carbocycles. The Labute approximate surface area is 116 Å². The molecule has 3 nitrogen and oxygen atoms in total. The van der Waals surface area contributed by atoms with Crippen molar-refractivity contribution in [3.63, 3.8) is 0 Å². The van der Waals surface area contributed by atoms with Crippen LogP contribution in [0.15, 0.2) is 18.2 Å².